The Kier molecular flexibility index (Phi) is 9.37. The maximum Gasteiger partial charge on any atom is 0.193 e. The van der Waals surface area contributed by atoms with E-state index in [1.807, 2.05) is 19.0 Å². The Bertz CT molecular complexity index is 418. The van der Waals surface area contributed by atoms with E-state index in [1.54, 1.807) is 7.05 Å². The van der Waals surface area contributed by atoms with E-state index in [9.17, 15) is 0 Å². The minimum Gasteiger partial charge on any atom is -0.370 e. The first-order valence-corrected chi connectivity index (χ1v) is 6.78. The lowest BCUT2D eigenvalue weighted by Crippen LogP contribution is -2.41. The van der Waals surface area contributed by atoms with Crippen LogP contribution in [0.4, 0.5) is 5.69 Å². The summed E-state index contributed by atoms with van der Waals surface area (Å²) in [5.74, 6) is 0.917. The molecule has 0 unspecified atom stereocenters. The fraction of sp³-hybridized carbons (Fsp3) is 0.533. The average molecular weight is 390 g/mol. The molecule has 20 heavy (non-hydrogen) atoms. The van der Waals surface area contributed by atoms with Gasteiger partial charge in [0.2, 0.25) is 0 Å². The lowest BCUT2D eigenvalue weighted by atomic mass is 10.2. The molecule has 0 aliphatic heterocycles. The van der Waals surface area contributed by atoms with Crippen molar-refractivity contribution in [3.05, 3.63) is 29.8 Å². The molecule has 0 heterocycles. The second kappa shape index (κ2) is 9.85. The summed E-state index contributed by atoms with van der Waals surface area (Å²) in [6.07, 6.45) is 0. The molecule has 114 valence electrons. The van der Waals surface area contributed by atoms with Gasteiger partial charge in [0.15, 0.2) is 5.96 Å². The van der Waals surface area contributed by atoms with E-state index >= 15 is 0 Å². The van der Waals surface area contributed by atoms with Crippen LogP contribution < -0.4 is 10.2 Å². The highest BCUT2D eigenvalue weighted by Gasteiger charge is 2.05. The van der Waals surface area contributed by atoms with Crippen LogP contribution in [0.25, 0.3) is 0 Å². The molecular weight excluding hydrogens is 363 g/mol. The number of halogens is 1. The monoisotopic (exact) mass is 390 g/mol. The van der Waals surface area contributed by atoms with Crippen molar-refractivity contribution in [2.75, 3.05) is 45.7 Å². The van der Waals surface area contributed by atoms with Crippen molar-refractivity contribution >= 4 is 35.6 Å². The number of nitrogens with zero attached hydrogens (tertiary/aromatic N) is 3. The van der Waals surface area contributed by atoms with Crippen LogP contribution >= 0.6 is 24.0 Å². The molecule has 1 aromatic carbocycles. The maximum absolute atomic E-state index is 4.21. The molecule has 5 heteroatoms. The van der Waals surface area contributed by atoms with Gasteiger partial charge in [-0.05, 0) is 31.5 Å². The summed E-state index contributed by atoms with van der Waals surface area (Å²) < 4.78 is 0. The largest absolute Gasteiger partial charge is 0.370 e. The lowest BCUT2D eigenvalue weighted by molar-refractivity contribution is 0.582. The molecule has 0 bridgehead atoms. The Morgan fingerprint density at radius 2 is 2.00 bits per heavy atom. The number of aliphatic imine (C=N–C) groups is 1. The second-order valence-corrected chi connectivity index (χ2v) is 4.79. The van der Waals surface area contributed by atoms with Crippen molar-refractivity contribution in [2.45, 2.75) is 13.8 Å². The SMILES string of the molecule is CCN(CCNC(=NC)N(C)C)c1cccc(C)c1.I. The normalized spacial score (nSPS) is 10.8. The second-order valence-electron chi connectivity index (χ2n) is 4.79. The molecule has 4 nitrogen and oxygen atoms in total. The van der Waals surface area contributed by atoms with Crippen molar-refractivity contribution in [2.24, 2.45) is 4.99 Å². The van der Waals surface area contributed by atoms with Gasteiger partial charge in [0.1, 0.15) is 0 Å². The molecule has 0 saturated carbocycles. The zero-order chi connectivity index (χ0) is 14.3. The van der Waals surface area contributed by atoms with E-state index in [0.717, 1.165) is 25.6 Å². The smallest absolute Gasteiger partial charge is 0.193 e. The highest BCUT2D eigenvalue weighted by atomic mass is 127. The predicted octanol–water partition coefficient (Wildman–Crippen LogP) is 2.58. The number of rotatable bonds is 5. The molecule has 1 N–H and O–H groups in total. The molecule has 0 aliphatic rings. The van der Waals surface area contributed by atoms with E-state index in [2.05, 4.69) is 53.3 Å². The molecule has 0 fully saturated rings. The van der Waals surface area contributed by atoms with Crippen LogP contribution in [0, 0.1) is 6.92 Å². The van der Waals surface area contributed by atoms with Crippen LogP contribution in [-0.2, 0) is 0 Å². The number of hydrogen-bond acceptors (Lipinski definition) is 2. The molecule has 0 aliphatic carbocycles. The number of anilines is 1. The van der Waals surface area contributed by atoms with Crippen molar-refractivity contribution in [1.29, 1.82) is 0 Å². The van der Waals surface area contributed by atoms with Gasteiger partial charge in [-0.15, -0.1) is 24.0 Å². The zero-order valence-electron chi connectivity index (χ0n) is 13.2. The van der Waals surface area contributed by atoms with Crippen molar-refractivity contribution in [3.63, 3.8) is 0 Å². The summed E-state index contributed by atoms with van der Waals surface area (Å²) in [5.41, 5.74) is 2.58. The van der Waals surface area contributed by atoms with Crippen molar-refractivity contribution < 1.29 is 0 Å². The third-order valence-electron chi connectivity index (χ3n) is 3.05. The Balaban J connectivity index is 0.00000361. The number of likely N-dealkylation sites (N-methyl/N-ethyl adjacent to an activating group) is 1. The number of aryl methyl sites for hydroxylation is 1. The van der Waals surface area contributed by atoms with Crippen LogP contribution in [0.3, 0.4) is 0 Å². The van der Waals surface area contributed by atoms with Gasteiger partial charge in [-0.2, -0.15) is 0 Å². The topological polar surface area (TPSA) is 30.9 Å². The van der Waals surface area contributed by atoms with Gasteiger partial charge in [0, 0.05) is 46.5 Å². The summed E-state index contributed by atoms with van der Waals surface area (Å²) in [7, 11) is 5.79. The zero-order valence-corrected chi connectivity index (χ0v) is 15.5. The Labute approximate surface area is 140 Å². The summed E-state index contributed by atoms with van der Waals surface area (Å²) >= 11 is 0. The summed E-state index contributed by atoms with van der Waals surface area (Å²) in [5, 5.41) is 3.35. The van der Waals surface area contributed by atoms with Gasteiger partial charge in [-0.1, -0.05) is 12.1 Å². The van der Waals surface area contributed by atoms with Crippen LogP contribution in [-0.4, -0.2) is 51.6 Å². The van der Waals surface area contributed by atoms with E-state index in [0.29, 0.717) is 0 Å². The van der Waals surface area contributed by atoms with Gasteiger partial charge < -0.3 is 15.1 Å². The Morgan fingerprint density at radius 3 is 2.50 bits per heavy atom. The first-order valence-electron chi connectivity index (χ1n) is 6.78. The van der Waals surface area contributed by atoms with E-state index in [-0.39, 0.29) is 24.0 Å². The highest BCUT2D eigenvalue weighted by molar-refractivity contribution is 14.0. The molecule has 0 spiro atoms. The highest BCUT2D eigenvalue weighted by Crippen LogP contribution is 2.14. The minimum absolute atomic E-state index is 0. The van der Waals surface area contributed by atoms with Crippen molar-refractivity contribution in [3.8, 4) is 0 Å². The number of guanidine groups is 1. The van der Waals surface area contributed by atoms with Crippen LogP contribution in [0.15, 0.2) is 29.3 Å². The van der Waals surface area contributed by atoms with Crippen molar-refractivity contribution in [1.82, 2.24) is 10.2 Å². The Morgan fingerprint density at radius 1 is 1.30 bits per heavy atom. The molecule has 0 aromatic heterocycles. The molecule has 0 radical (unpaired) electrons. The molecule has 1 aromatic rings. The molecule has 0 amide bonds. The van der Waals surface area contributed by atoms with Gasteiger partial charge >= 0.3 is 0 Å². The fourth-order valence-electron chi connectivity index (χ4n) is 2.03. The standard InChI is InChI=1S/C15H26N4.HI/c1-6-19(14-9-7-8-13(2)12-14)11-10-17-15(16-3)18(4)5;/h7-9,12H,6,10-11H2,1-5H3,(H,16,17);1H. The Hall–Kier alpha value is -0.980. The fourth-order valence-corrected chi connectivity index (χ4v) is 2.03. The van der Waals surface area contributed by atoms with Gasteiger partial charge in [0.05, 0.1) is 0 Å². The number of hydrogen-bond donors (Lipinski definition) is 1. The summed E-state index contributed by atoms with van der Waals surface area (Å²) in [4.78, 5) is 8.56. The van der Waals surface area contributed by atoms with Crippen LogP contribution in [0.1, 0.15) is 12.5 Å². The van der Waals surface area contributed by atoms with Crippen LogP contribution in [0.2, 0.25) is 0 Å². The number of nitrogens with one attached hydrogen (secondary N) is 1. The third kappa shape index (κ3) is 5.98. The van der Waals surface area contributed by atoms with Gasteiger partial charge in [0.25, 0.3) is 0 Å². The molecule has 1 rings (SSSR count). The number of benzene rings is 1. The van der Waals surface area contributed by atoms with E-state index in [4.69, 9.17) is 0 Å². The maximum atomic E-state index is 4.21. The lowest BCUT2D eigenvalue weighted by Gasteiger charge is -2.25. The first kappa shape index (κ1) is 19.0. The van der Waals surface area contributed by atoms with E-state index < -0.39 is 0 Å². The van der Waals surface area contributed by atoms with Crippen LogP contribution in [0.5, 0.6) is 0 Å². The quantitative estimate of drug-likeness (QED) is 0.476. The van der Waals surface area contributed by atoms with E-state index in [1.165, 1.54) is 11.3 Å². The minimum atomic E-state index is 0. The molecule has 0 atom stereocenters. The first-order chi connectivity index (χ1) is 9.08. The third-order valence-corrected chi connectivity index (χ3v) is 3.05. The predicted molar refractivity (Wildman–Crippen MR) is 99.5 cm³/mol. The molecular formula is C15H27IN4. The van der Waals surface area contributed by atoms with Gasteiger partial charge in [-0.3, -0.25) is 4.99 Å². The summed E-state index contributed by atoms with van der Waals surface area (Å²) in [6.45, 7) is 7.16. The molecule has 0 saturated heterocycles. The van der Waals surface area contributed by atoms with Gasteiger partial charge in [-0.25, -0.2) is 0 Å². The average Bonchev–Trinajstić information content (AvgIpc) is 2.38. The summed E-state index contributed by atoms with van der Waals surface area (Å²) in [6, 6.07) is 8.63.